The van der Waals surface area contributed by atoms with Gasteiger partial charge in [0.15, 0.2) is 0 Å². The van der Waals surface area contributed by atoms with Crippen molar-refractivity contribution < 1.29 is 4.74 Å². The van der Waals surface area contributed by atoms with Crippen molar-refractivity contribution >= 4 is 11.6 Å². The monoisotopic (exact) mass is 342 g/mol. The van der Waals surface area contributed by atoms with Gasteiger partial charge in [-0.15, -0.1) is 0 Å². The maximum Gasteiger partial charge on any atom is 0.320 e. The number of aromatic nitrogens is 2. The van der Waals surface area contributed by atoms with E-state index in [2.05, 4.69) is 0 Å². The number of hydrogen-bond acceptors (Lipinski definition) is 3. The Morgan fingerprint density at radius 1 is 1.00 bits per heavy atom. The second kappa shape index (κ2) is 6.76. The molecule has 0 radical (unpaired) electrons. The lowest BCUT2D eigenvalue weighted by Gasteiger charge is -2.10. The van der Waals surface area contributed by atoms with E-state index >= 15 is 0 Å². The predicted molar refractivity (Wildman–Crippen MR) is 93.4 cm³/mol. The van der Waals surface area contributed by atoms with Gasteiger partial charge in [-0.2, -0.15) is 0 Å². The third-order valence-electron chi connectivity index (χ3n) is 3.65. The van der Waals surface area contributed by atoms with Gasteiger partial charge in [0.1, 0.15) is 5.75 Å². The summed E-state index contributed by atoms with van der Waals surface area (Å²) in [4.78, 5) is 24.7. The maximum atomic E-state index is 12.4. The van der Waals surface area contributed by atoms with Crippen LogP contribution in [-0.4, -0.2) is 16.2 Å². The van der Waals surface area contributed by atoms with Gasteiger partial charge < -0.3 is 9.30 Å². The van der Waals surface area contributed by atoms with Crippen LogP contribution in [0.15, 0.2) is 70.5 Å². The minimum Gasteiger partial charge on any atom is -0.497 e. The molecule has 6 heteroatoms. The standard InChI is InChI=1S/C18H15ClN2O3/c1-24-16-7-5-15(6-8-16)21-10-9-20(17(22)18(21)23)12-13-3-2-4-14(19)11-13/h2-11H,12H2,1H3. The van der Waals surface area contributed by atoms with Crippen LogP contribution in [0.4, 0.5) is 0 Å². The van der Waals surface area contributed by atoms with Gasteiger partial charge >= 0.3 is 11.1 Å². The molecule has 3 aromatic rings. The fourth-order valence-electron chi connectivity index (χ4n) is 2.41. The molecule has 0 aliphatic rings. The third-order valence-corrected chi connectivity index (χ3v) is 3.89. The van der Waals surface area contributed by atoms with Crippen LogP contribution in [0.1, 0.15) is 5.56 Å². The Morgan fingerprint density at radius 2 is 1.75 bits per heavy atom. The van der Waals surface area contributed by atoms with Crippen LogP contribution in [0.2, 0.25) is 5.02 Å². The topological polar surface area (TPSA) is 53.2 Å². The largest absolute Gasteiger partial charge is 0.497 e. The van der Waals surface area contributed by atoms with E-state index in [0.717, 1.165) is 5.56 Å². The first-order chi connectivity index (χ1) is 11.6. The van der Waals surface area contributed by atoms with Gasteiger partial charge in [-0.25, -0.2) is 0 Å². The summed E-state index contributed by atoms with van der Waals surface area (Å²) in [5, 5.41) is 0.590. The molecular weight excluding hydrogens is 328 g/mol. The molecule has 0 unspecified atom stereocenters. The molecule has 1 heterocycles. The third kappa shape index (κ3) is 3.26. The first-order valence-corrected chi connectivity index (χ1v) is 7.67. The smallest absolute Gasteiger partial charge is 0.320 e. The van der Waals surface area contributed by atoms with Crippen LogP contribution >= 0.6 is 11.6 Å². The van der Waals surface area contributed by atoms with Gasteiger partial charge in [0, 0.05) is 23.1 Å². The van der Waals surface area contributed by atoms with Crippen molar-refractivity contribution in [1.29, 1.82) is 0 Å². The Labute approximate surface area is 143 Å². The predicted octanol–water partition coefficient (Wildman–Crippen LogP) is 2.71. The summed E-state index contributed by atoms with van der Waals surface area (Å²) in [6.45, 7) is 0.290. The lowest BCUT2D eigenvalue weighted by molar-refractivity contribution is 0.414. The number of benzene rings is 2. The molecule has 5 nitrogen and oxygen atoms in total. The number of ether oxygens (including phenoxy) is 1. The van der Waals surface area contributed by atoms with Gasteiger partial charge in [0.25, 0.3) is 0 Å². The quantitative estimate of drug-likeness (QED) is 0.685. The van der Waals surface area contributed by atoms with Crippen LogP contribution in [0, 0.1) is 0 Å². The first kappa shape index (κ1) is 16.1. The molecule has 0 bridgehead atoms. The van der Waals surface area contributed by atoms with Crippen LogP contribution in [0.3, 0.4) is 0 Å². The van der Waals surface area contributed by atoms with E-state index in [1.807, 2.05) is 6.07 Å². The zero-order valence-corrected chi connectivity index (χ0v) is 13.7. The molecule has 2 aromatic carbocycles. The summed E-state index contributed by atoms with van der Waals surface area (Å²) in [7, 11) is 1.57. The zero-order valence-electron chi connectivity index (χ0n) is 13.0. The van der Waals surface area contributed by atoms with E-state index < -0.39 is 11.1 Å². The SMILES string of the molecule is COc1ccc(-n2ccn(Cc3cccc(Cl)c3)c(=O)c2=O)cc1. The summed E-state index contributed by atoms with van der Waals surface area (Å²) >= 11 is 5.95. The molecule has 0 atom stereocenters. The first-order valence-electron chi connectivity index (χ1n) is 7.29. The van der Waals surface area contributed by atoms with Crippen molar-refractivity contribution in [3.63, 3.8) is 0 Å². The summed E-state index contributed by atoms with van der Waals surface area (Å²) < 4.78 is 7.77. The number of hydrogen-bond donors (Lipinski definition) is 0. The molecule has 24 heavy (non-hydrogen) atoms. The van der Waals surface area contributed by atoms with Crippen LogP contribution in [0.5, 0.6) is 5.75 Å². The summed E-state index contributed by atoms with van der Waals surface area (Å²) in [5.41, 5.74) is 0.261. The normalized spacial score (nSPS) is 10.6. The Hall–Kier alpha value is -2.79. The highest BCUT2D eigenvalue weighted by molar-refractivity contribution is 6.30. The second-order valence-corrected chi connectivity index (χ2v) is 5.67. The highest BCUT2D eigenvalue weighted by atomic mass is 35.5. The number of rotatable bonds is 4. The molecule has 0 saturated carbocycles. The average molecular weight is 343 g/mol. The van der Waals surface area contributed by atoms with E-state index in [1.165, 1.54) is 9.13 Å². The molecule has 0 fully saturated rings. The van der Waals surface area contributed by atoms with Crippen LogP contribution in [0.25, 0.3) is 5.69 Å². The molecular formula is C18H15ClN2O3. The van der Waals surface area contributed by atoms with Gasteiger partial charge in [0.05, 0.1) is 13.7 Å². The minimum absolute atomic E-state index is 0.290. The highest BCUT2D eigenvalue weighted by Gasteiger charge is 2.07. The van der Waals surface area contributed by atoms with Gasteiger partial charge in [0.2, 0.25) is 0 Å². The average Bonchev–Trinajstić information content (AvgIpc) is 2.59. The highest BCUT2D eigenvalue weighted by Crippen LogP contribution is 2.13. The molecule has 0 N–H and O–H groups in total. The van der Waals surface area contributed by atoms with Crippen molar-refractivity contribution in [2.45, 2.75) is 6.54 Å². The molecule has 122 valence electrons. The maximum absolute atomic E-state index is 12.4. The van der Waals surface area contributed by atoms with Gasteiger partial charge in [-0.1, -0.05) is 23.7 Å². The number of methoxy groups -OCH3 is 1. The van der Waals surface area contributed by atoms with E-state index in [4.69, 9.17) is 16.3 Å². The van der Waals surface area contributed by atoms with Gasteiger partial charge in [-0.05, 0) is 42.0 Å². The van der Waals surface area contributed by atoms with Crippen molar-refractivity contribution in [3.05, 3.63) is 92.2 Å². The van der Waals surface area contributed by atoms with Gasteiger partial charge in [-0.3, -0.25) is 14.2 Å². The summed E-state index contributed by atoms with van der Waals surface area (Å²) in [6.07, 6.45) is 3.17. The molecule has 0 saturated heterocycles. The van der Waals surface area contributed by atoms with Crippen molar-refractivity contribution in [2.75, 3.05) is 7.11 Å². The molecule has 1 aromatic heterocycles. The fourth-order valence-corrected chi connectivity index (χ4v) is 2.62. The van der Waals surface area contributed by atoms with Crippen molar-refractivity contribution in [2.24, 2.45) is 0 Å². The summed E-state index contributed by atoms with van der Waals surface area (Å²) in [6, 6.07) is 14.1. The van der Waals surface area contributed by atoms with E-state index in [1.54, 1.807) is 62.0 Å². The van der Waals surface area contributed by atoms with Crippen LogP contribution < -0.4 is 15.9 Å². The molecule has 3 rings (SSSR count). The molecule has 0 aliphatic carbocycles. The Balaban J connectivity index is 1.96. The zero-order chi connectivity index (χ0) is 17.1. The molecule has 0 amide bonds. The fraction of sp³-hybridized carbons (Fsp3) is 0.111. The van der Waals surface area contributed by atoms with Crippen LogP contribution in [-0.2, 0) is 6.54 Å². The van der Waals surface area contributed by atoms with E-state index in [9.17, 15) is 9.59 Å². The van der Waals surface area contributed by atoms with Crippen molar-refractivity contribution in [1.82, 2.24) is 9.13 Å². The number of halogens is 1. The van der Waals surface area contributed by atoms with Crippen molar-refractivity contribution in [3.8, 4) is 11.4 Å². The Morgan fingerprint density at radius 3 is 2.42 bits per heavy atom. The Bertz CT molecular complexity index is 975. The van der Waals surface area contributed by atoms with E-state index in [-0.39, 0.29) is 6.54 Å². The number of nitrogens with zero attached hydrogens (tertiary/aromatic N) is 2. The molecule has 0 aliphatic heterocycles. The minimum atomic E-state index is -0.607. The Kier molecular flexibility index (Phi) is 4.53. The lowest BCUT2D eigenvalue weighted by Crippen LogP contribution is -2.40. The lowest BCUT2D eigenvalue weighted by atomic mass is 10.2. The second-order valence-electron chi connectivity index (χ2n) is 5.23. The summed E-state index contributed by atoms with van der Waals surface area (Å²) in [5.74, 6) is 0.682. The van der Waals surface area contributed by atoms with E-state index in [0.29, 0.717) is 16.5 Å². The molecule has 0 spiro atoms.